The zero-order valence-electron chi connectivity index (χ0n) is 14.2. The number of anilines is 1. The van der Waals surface area contributed by atoms with E-state index in [-0.39, 0.29) is 17.9 Å². The van der Waals surface area contributed by atoms with Gasteiger partial charge in [-0.3, -0.25) is 4.79 Å². The molecule has 1 aliphatic heterocycles. The third-order valence-corrected chi connectivity index (χ3v) is 4.65. The fourth-order valence-electron chi connectivity index (χ4n) is 3.31. The second-order valence-electron chi connectivity index (χ2n) is 6.58. The predicted molar refractivity (Wildman–Crippen MR) is 98.3 cm³/mol. The number of aromatic amines is 1. The van der Waals surface area contributed by atoms with E-state index in [0.717, 1.165) is 41.0 Å². The number of nitrogens with one attached hydrogen (secondary N) is 2. The lowest BCUT2D eigenvalue weighted by atomic mass is 9.95. The topological polar surface area (TPSA) is 67.0 Å². The number of rotatable bonds is 3. The van der Waals surface area contributed by atoms with Gasteiger partial charge in [-0.2, -0.15) is 0 Å². The molecular weight excluding hydrogens is 314 g/mol. The van der Waals surface area contributed by atoms with Gasteiger partial charge in [-0.05, 0) is 44.0 Å². The first kappa shape index (κ1) is 15.8. The Morgan fingerprint density at radius 1 is 1.24 bits per heavy atom. The smallest absolute Gasteiger partial charge is 0.227 e. The molecule has 25 heavy (non-hydrogen) atoms. The van der Waals surface area contributed by atoms with Crippen molar-refractivity contribution in [2.45, 2.75) is 25.9 Å². The molecule has 3 aromatic rings. The van der Waals surface area contributed by atoms with Gasteiger partial charge in [0.05, 0.1) is 17.1 Å². The first-order chi connectivity index (χ1) is 12.2. The van der Waals surface area contributed by atoms with Crippen molar-refractivity contribution in [3.05, 3.63) is 48.5 Å². The minimum atomic E-state index is 0.0126. The number of imidazole rings is 1. The van der Waals surface area contributed by atoms with E-state index in [9.17, 15) is 4.79 Å². The van der Waals surface area contributed by atoms with E-state index in [0.29, 0.717) is 6.61 Å². The Bertz CT molecular complexity index is 870. The highest BCUT2D eigenvalue weighted by atomic mass is 16.5. The first-order valence-electron chi connectivity index (χ1n) is 8.67. The fourth-order valence-corrected chi connectivity index (χ4v) is 3.31. The van der Waals surface area contributed by atoms with Crippen LogP contribution in [-0.2, 0) is 9.53 Å². The molecule has 1 aromatic heterocycles. The van der Waals surface area contributed by atoms with Crippen LogP contribution >= 0.6 is 0 Å². The average molecular weight is 335 g/mol. The minimum absolute atomic E-state index is 0.0126. The molecule has 1 amide bonds. The summed E-state index contributed by atoms with van der Waals surface area (Å²) >= 11 is 0. The molecule has 2 atom stereocenters. The van der Waals surface area contributed by atoms with Gasteiger partial charge in [0.2, 0.25) is 5.91 Å². The quantitative estimate of drug-likeness (QED) is 0.761. The van der Waals surface area contributed by atoms with E-state index >= 15 is 0 Å². The lowest BCUT2D eigenvalue weighted by molar-refractivity contribution is -0.124. The molecule has 5 heteroatoms. The maximum Gasteiger partial charge on any atom is 0.227 e. The Balaban J connectivity index is 1.54. The summed E-state index contributed by atoms with van der Waals surface area (Å²) in [6, 6.07) is 15.7. The highest BCUT2D eigenvalue weighted by Gasteiger charge is 2.25. The Labute approximate surface area is 146 Å². The average Bonchev–Trinajstić information content (AvgIpc) is 3.06. The van der Waals surface area contributed by atoms with Crippen molar-refractivity contribution >= 4 is 22.6 Å². The highest BCUT2D eigenvalue weighted by Crippen LogP contribution is 2.25. The van der Waals surface area contributed by atoms with E-state index in [1.54, 1.807) is 0 Å². The van der Waals surface area contributed by atoms with Crippen LogP contribution in [0.2, 0.25) is 0 Å². The largest absolute Gasteiger partial charge is 0.378 e. The molecule has 0 saturated carbocycles. The maximum absolute atomic E-state index is 12.5. The molecular formula is C20H21N3O2. The predicted octanol–water partition coefficient (Wildman–Crippen LogP) is 3.98. The second-order valence-corrected chi connectivity index (χ2v) is 6.58. The molecule has 128 valence electrons. The van der Waals surface area contributed by atoms with Crippen LogP contribution in [0.5, 0.6) is 0 Å². The fraction of sp³-hybridized carbons (Fsp3) is 0.300. The maximum atomic E-state index is 12.5. The number of benzene rings is 2. The number of hydrogen-bond acceptors (Lipinski definition) is 3. The van der Waals surface area contributed by atoms with Gasteiger partial charge < -0.3 is 15.0 Å². The molecule has 0 spiro atoms. The lowest BCUT2D eigenvalue weighted by Crippen LogP contribution is -2.32. The van der Waals surface area contributed by atoms with E-state index in [2.05, 4.69) is 15.3 Å². The standard InChI is InChI=1S/C20H21N3O2/c1-13-11-15(9-10-25-13)20(24)21-16-6-4-5-14(12-16)19-22-17-7-2-3-8-18(17)23-19/h2-8,12-13,15H,9-11H2,1H3,(H,21,24)(H,22,23)/t13-,15+/m0/s1. The van der Waals surface area contributed by atoms with E-state index < -0.39 is 0 Å². The van der Waals surface area contributed by atoms with Crippen molar-refractivity contribution < 1.29 is 9.53 Å². The summed E-state index contributed by atoms with van der Waals surface area (Å²) in [7, 11) is 0. The normalized spacial score (nSPS) is 20.5. The summed E-state index contributed by atoms with van der Waals surface area (Å²) in [6.45, 7) is 2.67. The molecule has 1 fully saturated rings. The van der Waals surface area contributed by atoms with Crippen molar-refractivity contribution in [1.29, 1.82) is 0 Å². The van der Waals surface area contributed by atoms with E-state index in [1.807, 2.05) is 55.5 Å². The van der Waals surface area contributed by atoms with Crippen molar-refractivity contribution in [3.63, 3.8) is 0 Å². The third kappa shape index (κ3) is 3.42. The van der Waals surface area contributed by atoms with Crippen LogP contribution in [0.1, 0.15) is 19.8 Å². The number of ether oxygens (including phenoxy) is 1. The van der Waals surface area contributed by atoms with Crippen LogP contribution in [0.25, 0.3) is 22.4 Å². The number of carbonyl (C=O) groups excluding carboxylic acids is 1. The van der Waals surface area contributed by atoms with Gasteiger partial charge in [0.15, 0.2) is 0 Å². The molecule has 4 rings (SSSR count). The number of nitrogens with zero attached hydrogens (tertiary/aromatic N) is 1. The number of fused-ring (bicyclic) bond motifs is 1. The number of para-hydroxylation sites is 2. The van der Waals surface area contributed by atoms with Crippen molar-refractivity contribution in [2.75, 3.05) is 11.9 Å². The highest BCUT2D eigenvalue weighted by molar-refractivity contribution is 5.93. The van der Waals surface area contributed by atoms with Crippen molar-refractivity contribution in [3.8, 4) is 11.4 Å². The minimum Gasteiger partial charge on any atom is -0.378 e. The Morgan fingerprint density at radius 3 is 2.96 bits per heavy atom. The van der Waals surface area contributed by atoms with Gasteiger partial charge in [0.1, 0.15) is 5.82 Å². The molecule has 2 heterocycles. The van der Waals surface area contributed by atoms with Crippen LogP contribution in [0.4, 0.5) is 5.69 Å². The zero-order chi connectivity index (χ0) is 17.2. The number of hydrogen-bond donors (Lipinski definition) is 2. The lowest BCUT2D eigenvalue weighted by Gasteiger charge is -2.26. The summed E-state index contributed by atoms with van der Waals surface area (Å²) in [6.07, 6.45) is 1.69. The van der Waals surface area contributed by atoms with Crippen molar-refractivity contribution in [1.82, 2.24) is 9.97 Å². The molecule has 0 aliphatic carbocycles. The Hall–Kier alpha value is -2.66. The van der Waals surface area contributed by atoms with Crippen LogP contribution in [0.15, 0.2) is 48.5 Å². The molecule has 2 N–H and O–H groups in total. The third-order valence-electron chi connectivity index (χ3n) is 4.65. The molecule has 0 unspecified atom stereocenters. The van der Waals surface area contributed by atoms with Gasteiger partial charge >= 0.3 is 0 Å². The van der Waals surface area contributed by atoms with Crippen molar-refractivity contribution in [2.24, 2.45) is 5.92 Å². The molecule has 1 saturated heterocycles. The van der Waals surface area contributed by atoms with E-state index in [4.69, 9.17) is 4.74 Å². The Morgan fingerprint density at radius 2 is 2.12 bits per heavy atom. The first-order valence-corrected chi connectivity index (χ1v) is 8.67. The molecule has 0 radical (unpaired) electrons. The molecule has 5 nitrogen and oxygen atoms in total. The van der Waals surface area contributed by atoms with Crippen LogP contribution in [0.3, 0.4) is 0 Å². The van der Waals surface area contributed by atoms with Crippen LogP contribution in [0, 0.1) is 5.92 Å². The molecule has 2 aromatic carbocycles. The zero-order valence-corrected chi connectivity index (χ0v) is 14.2. The van der Waals surface area contributed by atoms with Gasteiger partial charge in [-0.25, -0.2) is 4.98 Å². The molecule has 0 bridgehead atoms. The van der Waals surface area contributed by atoms with Crippen LogP contribution in [-0.4, -0.2) is 28.6 Å². The van der Waals surface area contributed by atoms with Gasteiger partial charge in [0.25, 0.3) is 0 Å². The Kier molecular flexibility index (Phi) is 4.24. The SMILES string of the molecule is C[C@H]1C[C@H](C(=O)Nc2cccc(-c3nc4ccccc4[nH]3)c2)CCO1. The van der Waals surface area contributed by atoms with Gasteiger partial charge in [-0.1, -0.05) is 24.3 Å². The van der Waals surface area contributed by atoms with Gasteiger partial charge in [0, 0.05) is 23.8 Å². The van der Waals surface area contributed by atoms with E-state index in [1.165, 1.54) is 0 Å². The summed E-state index contributed by atoms with van der Waals surface area (Å²) in [5.74, 6) is 0.882. The number of amides is 1. The number of H-pyrrole nitrogens is 1. The second kappa shape index (κ2) is 6.69. The molecule has 1 aliphatic rings. The summed E-state index contributed by atoms with van der Waals surface area (Å²) in [5, 5.41) is 3.04. The van der Waals surface area contributed by atoms with Crippen LogP contribution < -0.4 is 5.32 Å². The van der Waals surface area contributed by atoms with Gasteiger partial charge in [-0.15, -0.1) is 0 Å². The summed E-state index contributed by atoms with van der Waals surface area (Å²) in [4.78, 5) is 20.5. The number of carbonyl (C=O) groups is 1. The summed E-state index contributed by atoms with van der Waals surface area (Å²) < 4.78 is 5.52. The summed E-state index contributed by atoms with van der Waals surface area (Å²) in [5.41, 5.74) is 3.68. The number of aromatic nitrogens is 2. The monoisotopic (exact) mass is 335 g/mol.